The van der Waals surface area contributed by atoms with Crippen LogP contribution in [0.2, 0.25) is 0 Å². The summed E-state index contributed by atoms with van der Waals surface area (Å²) in [5, 5.41) is 5.17. The molecule has 0 atom stereocenters. The second-order valence-corrected chi connectivity index (χ2v) is 10.3. The van der Waals surface area contributed by atoms with Gasteiger partial charge in [-0.25, -0.2) is 0 Å². The van der Waals surface area contributed by atoms with Gasteiger partial charge in [-0.1, -0.05) is 18.2 Å². The summed E-state index contributed by atoms with van der Waals surface area (Å²) in [5.74, 6) is -0.0699. The molecule has 9 nitrogen and oxygen atoms in total. The van der Waals surface area contributed by atoms with Gasteiger partial charge in [-0.05, 0) is 36.1 Å². The van der Waals surface area contributed by atoms with Crippen LogP contribution in [0.4, 0.5) is 5.69 Å². The van der Waals surface area contributed by atoms with E-state index in [9.17, 15) is 14.4 Å². The molecule has 3 aliphatic rings. The number of pyridine rings is 1. The van der Waals surface area contributed by atoms with Crippen molar-refractivity contribution in [1.82, 2.24) is 19.7 Å². The Morgan fingerprint density at radius 3 is 2.55 bits per heavy atom. The van der Waals surface area contributed by atoms with Crippen molar-refractivity contribution >= 4 is 23.3 Å². The maximum absolute atomic E-state index is 13.4. The first kappa shape index (κ1) is 24.5. The normalized spacial score (nSPS) is 17.8. The van der Waals surface area contributed by atoms with Gasteiger partial charge >= 0.3 is 0 Å². The van der Waals surface area contributed by atoms with Crippen LogP contribution in [0, 0.1) is 0 Å². The summed E-state index contributed by atoms with van der Waals surface area (Å²) >= 11 is 0. The van der Waals surface area contributed by atoms with E-state index in [4.69, 9.17) is 9.84 Å². The van der Waals surface area contributed by atoms with E-state index >= 15 is 0 Å². The van der Waals surface area contributed by atoms with Crippen LogP contribution in [0.3, 0.4) is 0 Å². The monoisotopic (exact) mass is 513 g/mol. The molecule has 9 heteroatoms. The molecule has 2 aromatic heterocycles. The van der Waals surface area contributed by atoms with Crippen molar-refractivity contribution in [3.05, 3.63) is 64.6 Å². The van der Waals surface area contributed by atoms with Crippen LogP contribution in [0.25, 0.3) is 11.3 Å². The zero-order chi connectivity index (χ0) is 26.4. The minimum atomic E-state index is -0.108. The van der Waals surface area contributed by atoms with Crippen LogP contribution in [-0.2, 0) is 40.3 Å². The number of hydrogen-bond donors (Lipinski definition) is 0. The minimum Gasteiger partial charge on any atom is -0.381 e. The number of ether oxygens (including phenoxy) is 1. The Labute approximate surface area is 221 Å². The number of ketones is 1. The third-order valence-corrected chi connectivity index (χ3v) is 7.97. The van der Waals surface area contributed by atoms with Crippen LogP contribution in [-0.4, -0.2) is 57.0 Å². The largest absolute Gasteiger partial charge is 0.381 e. The van der Waals surface area contributed by atoms with E-state index in [1.807, 2.05) is 11.0 Å². The molecule has 0 bridgehead atoms. The first-order chi connectivity index (χ1) is 18.4. The molecule has 1 aromatic carbocycles. The van der Waals surface area contributed by atoms with Crippen molar-refractivity contribution in [2.24, 2.45) is 0 Å². The number of fused-ring (bicyclic) bond motifs is 2. The number of anilines is 1. The number of benzene rings is 1. The molecular weight excluding hydrogens is 482 g/mol. The lowest BCUT2D eigenvalue weighted by atomic mass is 9.90. The molecule has 1 fully saturated rings. The smallest absolute Gasteiger partial charge is 0.231 e. The fourth-order valence-corrected chi connectivity index (χ4v) is 5.87. The van der Waals surface area contributed by atoms with E-state index in [1.54, 1.807) is 30.2 Å². The van der Waals surface area contributed by atoms with Gasteiger partial charge in [0, 0.05) is 63.4 Å². The lowest BCUT2D eigenvalue weighted by molar-refractivity contribution is -0.129. The molecule has 1 saturated heterocycles. The number of carbonyl (C=O) groups is 3. The van der Waals surface area contributed by atoms with Gasteiger partial charge in [0.15, 0.2) is 5.78 Å². The number of rotatable bonds is 4. The Morgan fingerprint density at radius 1 is 1.03 bits per heavy atom. The van der Waals surface area contributed by atoms with E-state index in [-0.39, 0.29) is 30.1 Å². The molecular formula is C29H31N5O4. The minimum absolute atomic E-state index is 0.0228. The number of aromatic nitrogens is 3. The van der Waals surface area contributed by atoms with Gasteiger partial charge in [-0.2, -0.15) is 5.10 Å². The third-order valence-electron chi connectivity index (χ3n) is 7.97. The Balaban J connectivity index is 1.39. The number of amides is 2. The fourth-order valence-electron chi connectivity index (χ4n) is 5.87. The Morgan fingerprint density at radius 2 is 1.84 bits per heavy atom. The molecule has 2 amide bonds. The Hall–Kier alpha value is -3.85. The van der Waals surface area contributed by atoms with E-state index in [0.29, 0.717) is 31.0 Å². The van der Waals surface area contributed by atoms with Crippen LogP contribution in [0.15, 0.2) is 36.5 Å². The maximum atomic E-state index is 13.4. The van der Waals surface area contributed by atoms with Crippen molar-refractivity contribution in [2.45, 2.75) is 58.7 Å². The molecule has 0 N–H and O–H groups in total. The third kappa shape index (κ3) is 4.30. The van der Waals surface area contributed by atoms with Gasteiger partial charge in [0.05, 0.1) is 36.6 Å². The van der Waals surface area contributed by atoms with Crippen LogP contribution >= 0.6 is 0 Å². The second-order valence-electron chi connectivity index (χ2n) is 10.3. The van der Waals surface area contributed by atoms with Gasteiger partial charge in [0.2, 0.25) is 11.8 Å². The molecule has 0 unspecified atom stereocenters. The van der Waals surface area contributed by atoms with Crippen LogP contribution < -0.4 is 4.90 Å². The first-order valence-electron chi connectivity index (χ1n) is 13.2. The Bertz CT molecular complexity index is 1420. The fraction of sp³-hybridized carbons (Fsp3) is 0.414. The van der Waals surface area contributed by atoms with Gasteiger partial charge in [0.1, 0.15) is 5.69 Å². The number of hydrogen-bond acceptors (Lipinski definition) is 6. The average molecular weight is 514 g/mol. The van der Waals surface area contributed by atoms with Crippen molar-refractivity contribution < 1.29 is 19.1 Å². The summed E-state index contributed by atoms with van der Waals surface area (Å²) in [5.41, 5.74) is 7.23. The number of Topliss-reactive ketones (excluding diaryl/α,β-unsaturated/α-hetero) is 1. The van der Waals surface area contributed by atoms with Crippen LogP contribution in [0.5, 0.6) is 0 Å². The van der Waals surface area contributed by atoms with Crippen molar-refractivity contribution in [2.75, 3.05) is 24.7 Å². The molecule has 5 heterocycles. The van der Waals surface area contributed by atoms with Gasteiger partial charge in [-0.3, -0.25) is 24.0 Å². The highest BCUT2D eigenvalue weighted by Crippen LogP contribution is 2.38. The topological polar surface area (TPSA) is 97.6 Å². The molecule has 38 heavy (non-hydrogen) atoms. The molecule has 0 radical (unpaired) electrons. The van der Waals surface area contributed by atoms with E-state index in [0.717, 1.165) is 60.4 Å². The summed E-state index contributed by atoms with van der Waals surface area (Å²) in [6.45, 7) is 6.18. The predicted molar refractivity (Wildman–Crippen MR) is 141 cm³/mol. The zero-order valence-electron chi connectivity index (χ0n) is 21.8. The summed E-state index contributed by atoms with van der Waals surface area (Å²) in [6, 6.07) is 9.84. The predicted octanol–water partition coefficient (Wildman–Crippen LogP) is 3.49. The molecule has 0 aliphatic carbocycles. The highest BCUT2D eigenvalue weighted by molar-refractivity contribution is 5.98. The molecule has 6 rings (SSSR count). The first-order valence-corrected chi connectivity index (χ1v) is 13.2. The summed E-state index contributed by atoms with van der Waals surface area (Å²) in [4.78, 5) is 45.1. The maximum Gasteiger partial charge on any atom is 0.231 e. The van der Waals surface area contributed by atoms with Crippen molar-refractivity contribution in [1.29, 1.82) is 0 Å². The number of nitrogens with zero attached hydrogens (tertiary/aromatic N) is 5. The highest BCUT2D eigenvalue weighted by atomic mass is 16.5. The second kappa shape index (κ2) is 9.79. The van der Waals surface area contributed by atoms with E-state index in [2.05, 4.69) is 21.8 Å². The van der Waals surface area contributed by atoms with Crippen LogP contribution in [0.1, 0.15) is 65.6 Å². The zero-order valence-corrected chi connectivity index (χ0v) is 21.8. The highest BCUT2D eigenvalue weighted by Gasteiger charge is 2.33. The SMILES string of the molecule is CC(=O)c1ccc(N2Cc3cccc(-c4nn(C5CCOCC5)c5c4CN(C(C)=O)CC5)c3CC2=O)cn1. The molecule has 0 saturated carbocycles. The van der Waals surface area contributed by atoms with Crippen molar-refractivity contribution in [3.63, 3.8) is 0 Å². The molecule has 3 aliphatic heterocycles. The quantitative estimate of drug-likeness (QED) is 0.496. The molecule has 196 valence electrons. The van der Waals surface area contributed by atoms with Gasteiger partial charge < -0.3 is 14.5 Å². The average Bonchev–Trinajstić information content (AvgIpc) is 3.31. The van der Waals surface area contributed by atoms with Crippen molar-refractivity contribution in [3.8, 4) is 11.3 Å². The Kier molecular flexibility index (Phi) is 6.31. The summed E-state index contributed by atoms with van der Waals surface area (Å²) < 4.78 is 7.78. The van der Waals surface area contributed by atoms with E-state index in [1.165, 1.54) is 12.6 Å². The summed E-state index contributed by atoms with van der Waals surface area (Å²) in [7, 11) is 0. The standard InChI is InChI=1S/C29H31N5O4/c1-18(35)26-7-6-22(15-30-26)33-16-20-4-3-5-23(24(20)14-28(33)37)29-25-17-32(19(2)36)11-8-27(25)34(31-29)21-9-12-38-13-10-21/h3-7,15,21H,8-14,16-17H2,1-2H3. The van der Waals surface area contributed by atoms with E-state index < -0.39 is 0 Å². The lowest BCUT2D eigenvalue weighted by Gasteiger charge is -2.30. The van der Waals surface area contributed by atoms with Gasteiger partial charge in [-0.15, -0.1) is 0 Å². The van der Waals surface area contributed by atoms with Gasteiger partial charge in [0.25, 0.3) is 0 Å². The molecule has 3 aromatic rings. The number of carbonyl (C=O) groups excluding carboxylic acids is 3. The molecule has 0 spiro atoms. The lowest BCUT2D eigenvalue weighted by Crippen LogP contribution is -2.36. The summed E-state index contributed by atoms with van der Waals surface area (Å²) in [6.07, 6.45) is 4.44.